The maximum Gasteiger partial charge on any atom is 0.390 e. The van der Waals surface area contributed by atoms with E-state index >= 15 is 0 Å². The first-order valence-electron chi connectivity index (χ1n) is 4.95. The van der Waals surface area contributed by atoms with Gasteiger partial charge in [0.15, 0.2) is 0 Å². The van der Waals surface area contributed by atoms with Gasteiger partial charge in [-0.15, -0.1) is 0 Å². The van der Waals surface area contributed by atoms with Crippen LogP contribution >= 0.6 is 11.6 Å². The highest BCUT2D eigenvalue weighted by molar-refractivity contribution is 6.32. The summed E-state index contributed by atoms with van der Waals surface area (Å²) in [6.07, 6.45) is -5.16. The summed E-state index contributed by atoms with van der Waals surface area (Å²) < 4.78 is 42.0. The van der Waals surface area contributed by atoms with Crippen LogP contribution in [0.5, 0.6) is 5.75 Å². The Bertz CT molecular complexity index is 381. The van der Waals surface area contributed by atoms with Gasteiger partial charge in [0.05, 0.1) is 18.6 Å². The van der Waals surface area contributed by atoms with Gasteiger partial charge >= 0.3 is 6.18 Å². The van der Waals surface area contributed by atoms with Gasteiger partial charge in [0.2, 0.25) is 0 Å². The molecule has 17 heavy (non-hydrogen) atoms. The van der Waals surface area contributed by atoms with Gasteiger partial charge in [0.25, 0.3) is 0 Å². The SMILES string of the molecule is CNC(CC(F)(F)F)c1ccc(Cl)c(OC)c1. The van der Waals surface area contributed by atoms with Crippen molar-refractivity contribution in [2.45, 2.75) is 18.6 Å². The average Bonchev–Trinajstić information content (AvgIpc) is 2.25. The van der Waals surface area contributed by atoms with Crippen LogP contribution in [0.15, 0.2) is 18.2 Å². The molecule has 0 aliphatic carbocycles. The van der Waals surface area contributed by atoms with Crippen molar-refractivity contribution < 1.29 is 17.9 Å². The van der Waals surface area contributed by atoms with Gasteiger partial charge in [-0.25, -0.2) is 0 Å². The van der Waals surface area contributed by atoms with Crippen LogP contribution < -0.4 is 10.1 Å². The van der Waals surface area contributed by atoms with E-state index in [4.69, 9.17) is 16.3 Å². The zero-order chi connectivity index (χ0) is 13.1. The van der Waals surface area contributed by atoms with Crippen molar-refractivity contribution in [2.24, 2.45) is 0 Å². The van der Waals surface area contributed by atoms with Gasteiger partial charge in [-0.3, -0.25) is 0 Å². The number of hydrogen-bond acceptors (Lipinski definition) is 2. The van der Waals surface area contributed by atoms with E-state index in [0.29, 0.717) is 16.3 Å². The summed E-state index contributed by atoms with van der Waals surface area (Å²) in [5, 5.41) is 3.00. The van der Waals surface area contributed by atoms with Crippen LogP contribution in [0.3, 0.4) is 0 Å². The molecule has 0 aliphatic heterocycles. The first-order valence-corrected chi connectivity index (χ1v) is 5.32. The molecule has 1 aromatic rings. The quantitative estimate of drug-likeness (QED) is 0.901. The summed E-state index contributed by atoms with van der Waals surface area (Å²) in [6, 6.07) is 3.78. The van der Waals surface area contributed by atoms with E-state index in [2.05, 4.69) is 5.32 Å². The zero-order valence-corrected chi connectivity index (χ0v) is 10.2. The molecule has 0 aliphatic rings. The predicted octanol–water partition coefficient (Wildman–Crippen LogP) is 3.56. The Morgan fingerprint density at radius 2 is 2.06 bits per heavy atom. The third-order valence-corrected chi connectivity index (χ3v) is 2.67. The largest absolute Gasteiger partial charge is 0.495 e. The number of ether oxygens (including phenoxy) is 1. The topological polar surface area (TPSA) is 21.3 Å². The summed E-state index contributed by atoms with van der Waals surface area (Å²) in [5.74, 6) is 0.367. The second-order valence-electron chi connectivity index (χ2n) is 3.55. The number of rotatable bonds is 4. The maximum atomic E-state index is 12.3. The van der Waals surface area contributed by atoms with Crippen LogP contribution in [0.1, 0.15) is 18.0 Å². The van der Waals surface area contributed by atoms with Gasteiger partial charge in [0, 0.05) is 6.04 Å². The van der Waals surface area contributed by atoms with E-state index in [9.17, 15) is 13.2 Å². The smallest absolute Gasteiger partial charge is 0.390 e. The second kappa shape index (κ2) is 5.60. The fourth-order valence-electron chi connectivity index (χ4n) is 1.51. The van der Waals surface area contributed by atoms with Gasteiger partial charge in [-0.1, -0.05) is 17.7 Å². The Morgan fingerprint density at radius 1 is 1.41 bits per heavy atom. The molecule has 0 amide bonds. The number of halogens is 4. The molecule has 1 atom stereocenters. The maximum absolute atomic E-state index is 12.3. The lowest BCUT2D eigenvalue weighted by molar-refractivity contribution is -0.140. The van der Waals surface area contributed by atoms with Gasteiger partial charge in [0.1, 0.15) is 5.75 Å². The van der Waals surface area contributed by atoms with Crippen molar-refractivity contribution in [1.82, 2.24) is 5.32 Å². The van der Waals surface area contributed by atoms with Gasteiger partial charge in [-0.05, 0) is 24.7 Å². The predicted molar refractivity (Wildman–Crippen MR) is 60.5 cm³/mol. The minimum absolute atomic E-state index is 0.367. The van der Waals surface area contributed by atoms with E-state index in [1.807, 2.05) is 0 Å². The Kier molecular flexibility index (Phi) is 4.65. The molecule has 1 rings (SSSR count). The van der Waals surface area contributed by atoms with Crippen molar-refractivity contribution in [2.75, 3.05) is 14.2 Å². The van der Waals surface area contributed by atoms with E-state index in [1.165, 1.54) is 26.3 Å². The highest BCUT2D eigenvalue weighted by Gasteiger charge is 2.32. The third-order valence-electron chi connectivity index (χ3n) is 2.36. The van der Waals surface area contributed by atoms with Crippen molar-refractivity contribution in [3.05, 3.63) is 28.8 Å². The molecule has 6 heteroatoms. The molecule has 0 fully saturated rings. The third kappa shape index (κ3) is 4.09. The Morgan fingerprint density at radius 3 is 2.53 bits per heavy atom. The molecule has 1 aromatic carbocycles. The Labute approximate surface area is 103 Å². The molecule has 0 spiro atoms. The summed E-state index contributed by atoms with van der Waals surface area (Å²) >= 11 is 5.81. The van der Waals surface area contributed by atoms with Gasteiger partial charge in [-0.2, -0.15) is 13.2 Å². The molecule has 0 saturated carbocycles. The number of benzene rings is 1. The molecule has 0 aromatic heterocycles. The molecule has 1 N–H and O–H groups in total. The summed E-state index contributed by atoms with van der Waals surface area (Å²) in [6.45, 7) is 0. The Hall–Kier alpha value is -0.940. The summed E-state index contributed by atoms with van der Waals surface area (Å²) in [4.78, 5) is 0. The fraction of sp³-hybridized carbons (Fsp3) is 0.455. The van der Waals surface area contributed by atoms with Crippen molar-refractivity contribution in [3.63, 3.8) is 0 Å². The molecule has 2 nitrogen and oxygen atoms in total. The van der Waals surface area contributed by atoms with Crippen molar-refractivity contribution in [1.29, 1.82) is 0 Å². The first kappa shape index (κ1) is 14.1. The van der Waals surface area contributed by atoms with Gasteiger partial charge < -0.3 is 10.1 Å². The minimum atomic E-state index is -4.22. The number of alkyl halides is 3. The number of nitrogens with one attached hydrogen (secondary N) is 1. The number of hydrogen-bond donors (Lipinski definition) is 1. The molecule has 1 unspecified atom stereocenters. The highest BCUT2D eigenvalue weighted by Crippen LogP contribution is 2.33. The second-order valence-corrected chi connectivity index (χ2v) is 3.96. The molecule has 0 radical (unpaired) electrons. The van der Waals surface area contributed by atoms with Crippen LogP contribution in [-0.4, -0.2) is 20.3 Å². The standard InChI is InChI=1S/C11H13ClF3NO/c1-16-9(6-11(13,14)15)7-3-4-8(12)10(5-7)17-2/h3-5,9,16H,6H2,1-2H3. The van der Waals surface area contributed by atoms with Crippen LogP contribution in [0, 0.1) is 0 Å². The van der Waals surface area contributed by atoms with Crippen LogP contribution in [0.25, 0.3) is 0 Å². The molecule has 0 bridgehead atoms. The minimum Gasteiger partial charge on any atom is -0.495 e. The molecule has 0 saturated heterocycles. The number of methoxy groups -OCH3 is 1. The summed E-state index contributed by atoms with van der Waals surface area (Å²) in [5.41, 5.74) is 0.492. The van der Waals surface area contributed by atoms with Crippen LogP contribution in [0.2, 0.25) is 5.02 Å². The zero-order valence-electron chi connectivity index (χ0n) is 9.44. The molecular formula is C11H13ClF3NO. The fourth-order valence-corrected chi connectivity index (χ4v) is 1.71. The highest BCUT2D eigenvalue weighted by atomic mass is 35.5. The molecular weight excluding hydrogens is 255 g/mol. The lowest BCUT2D eigenvalue weighted by atomic mass is 10.0. The van der Waals surface area contributed by atoms with Crippen molar-refractivity contribution in [3.8, 4) is 5.75 Å². The van der Waals surface area contributed by atoms with Crippen LogP contribution in [0.4, 0.5) is 13.2 Å². The normalized spacial score (nSPS) is 13.5. The molecule has 96 valence electrons. The first-order chi connectivity index (χ1) is 7.87. The van der Waals surface area contributed by atoms with Crippen LogP contribution in [-0.2, 0) is 0 Å². The van der Waals surface area contributed by atoms with E-state index in [-0.39, 0.29) is 0 Å². The monoisotopic (exact) mass is 267 g/mol. The van der Waals surface area contributed by atoms with E-state index in [0.717, 1.165) is 0 Å². The average molecular weight is 268 g/mol. The van der Waals surface area contributed by atoms with Crippen molar-refractivity contribution >= 4 is 11.6 Å². The van der Waals surface area contributed by atoms with E-state index in [1.54, 1.807) is 6.07 Å². The Balaban J connectivity index is 2.96. The lowest BCUT2D eigenvalue weighted by Crippen LogP contribution is -2.23. The van der Waals surface area contributed by atoms with E-state index < -0.39 is 18.6 Å². The molecule has 0 heterocycles. The summed E-state index contributed by atoms with van der Waals surface area (Å²) in [7, 11) is 2.90. The lowest BCUT2D eigenvalue weighted by Gasteiger charge is -2.19.